The van der Waals surface area contributed by atoms with Crippen molar-refractivity contribution in [1.82, 2.24) is 4.98 Å². The van der Waals surface area contributed by atoms with Gasteiger partial charge in [-0.15, -0.1) is 0 Å². The zero-order chi connectivity index (χ0) is 15.4. The van der Waals surface area contributed by atoms with Crippen LogP contribution in [0.5, 0.6) is 0 Å². The summed E-state index contributed by atoms with van der Waals surface area (Å²) in [5.41, 5.74) is 1.90. The van der Waals surface area contributed by atoms with Gasteiger partial charge in [0.25, 0.3) is 0 Å². The normalized spacial score (nSPS) is 12.0. The molecule has 1 amide bonds. The van der Waals surface area contributed by atoms with Crippen LogP contribution in [0, 0.1) is 6.92 Å². The minimum absolute atomic E-state index is 0.0682. The van der Waals surface area contributed by atoms with Crippen molar-refractivity contribution in [1.29, 1.82) is 0 Å². The maximum atomic E-state index is 12.2. The van der Waals surface area contributed by atoms with Gasteiger partial charge in [-0.2, -0.15) is 0 Å². The van der Waals surface area contributed by atoms with Gasteiger partial charge in [0.1, 0.15) is 0 Å². The van der Waals surface area contributed by atoms with E-state index in [1.165, 1.54) is 11.8 Å². The van der Waals surface area contributed by atoms with Crippen LogP contribution in [-0.4, -0.2) is 16.1 Å². The maximum absolute atomic E-state index is 12.2. The number of anilines is 1. The van der Waals surface area contributed by atoms with Crippen molar-refractivity contribution >= 4 is 50.9 Å². The third-order valence-electron chi connectivity index (χ3n) is 2.75. The number of nitrogens with zero attached hydrogens (tertiary/aromatic N) is 1. The van der Waals surface area contributed by atoms with E-state index >= 15 is 0 Å². The lowest BCUT2D eigenvalue weighted by atomic mass is 10.2. The molecule has 0 saturated carbocycles. The Kier molecular flexibility index (Phi) is 5.67. The summed E-state index contributed by atoms with van der Waals surface area (Å²) in [5, 5.41) is 4.00. The quantitative estimate of drug-likeness (QED) is 0.759. The summed E-state index contributed by atoms with van der Waals surface area (Å²) in [6.07, 6.45) is 1.57. The topological polar surface area (TPSA) is 42.0 Å². The second kappa shape index (κ2) is 7.29. The van der Waals surface area contributed by atoms with Crippen LogP contribution >= 0.6 is 39.3 Å². The van der Waals surface area contributed by atoms with E-state index in [4.69, 9.17) is 11.6 Å². The van der Waals surface area contributed by atoms with E-state index in [0.29, 0.717) is 5.02 Å². The number of pyridine rings is 1. The first-order valence-corrected chi connectivity index (χ1v) is 8.36. The fourth-order valence-corrected chi connectivity index (χ4v) is 3.12. The lowest BCUT2D eigenvalue weighted by Crippen LogP contribution is -2.22. The van der Waals surface area contributed by atoms with Crippen molar-refractivity contribution in [2.24, 2.45) is 0 Å². The molecule has 0 bridgehead atoms. The van der Waals surface area contributed by atoms with E-state index in [0.717, 1.165) is 20.7 Å². The molecule has 2 aromatic rings. The second-order valence-corrected chi connectivity index (χ2v) is 7.20. The van der Waals surface area contributed by atoms with E-state index in [1.807, 2.05) is 32.0 Å². The highest BCUT2D eigenvalue weighted by atomic mass is 79.9. The largest absolute Gasteiger partial charge is 0.324 e. The average Bonchev–Trinajstić information content (AvgIpc) is 2.44. The SMILES string of the molecule is Cc1ccc(NC(=O)C(C)Sc2ccc(Cl)cn2)c(Br)c1. The zero-order valence-electron chi connectivity index (χ0n) is 11.6. The molecule has 110 valence electrons. The van der Waals surface area contributed by atoms with Gasteiger partial charge in [-0.25, -0.2) is 4.98 Å². The first-order chi connectivity index (χ1) is 9.95. The van der Waals surface area contributed by atoms with Gasteiger partial charge in [0, 0.05) is 10.7 Å². The van der Waals surface area contributed by atoms with Gasteiger partial charge in [-0.3, -0.25) is 4.79 Å². The maximum Gasteiger partial charge on any atom is 0.237 e. The molecule has 1 atom stereocenters. The number of carbonyl (C=O) groups excluding carboxylic acids is 1. The molecule has 0 aliphatic rings. The summed E-state index contributed by atoms with van der Waals surface area (Å²) in [7, 11) is 0. The summed E-state index contributed by atoms with van der Waals surface area (Å²) >= 11 is 10.6. The van der Waals surface area contributed by atoms with Crippen molar-refractivity contribution < 1.29 is 4.79 Å². The Morgan fingerprint density at radius 1 is 1.38 bits per heavy atom. The van der Waals surface area contributed by atoms with Crippen LogP contribution in [0.4, 0.5) is 5.69 Å². The predicted molar refractivity (Wildman–Crippen MR) is 92.1 cm³/mol. The lowest BCUT2D eigenvalue weighted by Gasteiger charge is -2.13. The van der Waals surface area contributed by atoms with Crippen molar-refractivity contribution in [3.63, 3.8) is 0 Å². The Labute approximate surface area is 141 Å². The van der Waals surface area contributed by atoms with Crippen LogP contribution in [-0.2, 0) is 4.79 Å². The minimum atomic E-state index is -0.258. The first-order valence-electron chi connectivity index (χ1n) is 6.31. The number of thioether (sulfide) groups is 1. The molecular weight excluding hydrogens is 372 g/mol. The number of benzene rings is 1. The van der Waals surface area contributed by atoms with Gasteiger partial charge in [0.05, 0.1) is 21.0 Å². The number of hydrogen-bond donors (Lipinski definition) is 1. The van der Waals surface area contributed by atoms with E-state index < -0.39 is 0 Å². The molecule has 1 N–H and O–H groups in total. The van der Waals surface area contributed by atoms with Crippen molar-refractivity contribution in [2.75, 3.05) is 5.32 Å². The van der Waals surface area contributed by atoms with Crippen molar-refractivity contribution in [2.45, 2.75) is 24.1 Å². The lowest BCUT2D eigenvalue weighted by molar-refractivity contribution is -0.115. The summed E-state index contributed by atoms with van der Waals surface area (Å²) in [4.78, 5) is 16.4. The van der Waals surface area contributed by atoms with Gasteiger partial charge in [-0.05, 0) is 59.6 Å². The van der Waals surface area contributed by atoms with Crippen LogP contribution in [0.2, 0.25) is 5.02 Å². The van der Waals surface area contributed by atoms with Crippen molar-refractivity contribution in [3.05, 3.63) is 51.6 Å². The van der Waals surface area contributed by atoms with Crippen LogP contribution < -0.4 is 5.32 Å². The predicted octanol–water partition coefficient (Wildman–Crippen LogP) is 4.93. The van der Waals surface area contributed by atoms with Crippen LogP contribution in [0.25, 0.3) is 0 Å². The van der Waals surface area contributed by atoms with Gasteiger partial charge in [0.2, 0.25) is 5.91 Å². The summed E-state index contributed by atoms with van der Waals surface area (Å²) in [6.45, 7) is 3.85. The molecule has 0 aliphatic carbocycles. The van der Waals surface area contributed by atoms with Gasteiger partial charge >= 0.3 is 0 Å². The van der Waals surface area contributed by atoms with E-state index in [-0.39, 0.29) is 11.2 Å². The first kappa shape index (κ1) is 16.3. The molecule has 1 unspecified atom stereocenters. The molecule has 21 heavy (non-hydrogen) atoms. The molecule has 3 nitrogen and oxygen atoms in total. The smallest absolute Gasteiger partial charge is 0.237 e. The Hall–Kier alpha value is -1.04. The Morgan fingerprint density at radius 2 is 2.14 bits per heavy atom. The monoisotopic (exact) mass is 384 g/mol. The number of rotatable bonds is 4. The third kappa shape index (κ3) is 4.73. The molecule has 1 aromatic heterocycles. The minimum Gasteiger partial charge on any atom is -0.324 e. The van der Waals surface area contributed by atoms with Gasteiger partial charge in [0.15, 0.2) is 0 Å². The number of carbonyl (C=O) groups is 1. The van der Waals surface area contributed by atoms with Gasteiger partial charge < -0.3 is 5.32 Å². The number of amides is 1. The molecule has 0 fully saturated rings. The molecule has 2 rings (SSSR count). The Morgan fingerprint density at radius 3 is 2.76 bits per heavy atom. The van der Waals surface area contributed by atoms with E-state index in [9.17, 15) is 4.79 Å². The molecular formula is C15H14BrClN2OS. The molecule has 1 aromatic carbocycles. The molecule has 0 spiro atoms. The van der Waals surface area contributed by atoms with E-state index in [2.05, 4.69) is 26.2 Å². The number of halogens is 2. The average molecular weight is 386 g/mol. The third-order valence-corrected chi connectivity index (χ3v) is 4.68. The molecule has 0 radical (unpaired) electrons. The number of aromatic nitrogens is 1. The zero-order valence-corrected chi connectivity index (χ0v) is 14.7. The summed E-state index contributed by atoms with van der Waals surface area (Å²) < 4.78 is 0.873. The highest BCUT2D eigenvalue weighted by molar-refractivity contribution is 9.10. The highest BCUT2D eigenvalue weighted by Gasteiger charge is 2.16. The van der Waals surface area contributed by atoms with E-state index in [1.54, 1.807) is 18.3 Å². The molecule has 1 heterocycles. The number of hydrogen-bond acceptors (Lipinski definition) is 3. The van der Waals surface area contributed by atoms with Crippen LogP contribution in [0.15, 0.2) is 46.0 Å². The molecule has 6 heteroatoms. The summed E-state index contributed by atoms with van der Waals surface area (Å²) in [6, 6.07) is 9.37. The second-order valence-electron chi connectivity index (χ2n) is 4.55. The van der Waals surface area contributed by atoms with Gasteiger partial charge in [-0.1, -0.05) is 29.4 Å². The van der Waals surface area contributed by atoms with Crippen LogP contribution in [0.1, 0.15) is 12.5 Å². The fourth-order valence-electron chi connectivity index (χ4n) is 1.62. The summed E-state index contributed by atoms with van der Waals surface area (Å²) in [5.74, 6) is -0.0682. The highest BCUT2D eigenvalue weighted by Crippen LogP contribution is 2.26. The molecule has 0 aliphatic heterocycles. The standard InChI is InChI=1S/C15H14BrClN2OS/c1-9-3-5-13(12(16)7-9)19-15(20)10(2)21-14-6-4-11(17)8-18-14/h3-8,10H,1-2H3,(H,19,20). The number of nitrogens with one attached hydrogen (secondary N) is 1. The molecule has 0 saturated heterocycles. The number of aryl methyl sites for hydroxylation is 1. The fraction of sp³-hybridized carbons (Fsp3) is 0.200. The Balaban J connectivity index is 2.00. The van der Waals surface area contributed by atoms with Crippen LogP contribution in [0.3, 0.4) is 0 Å². The van der Waals surface area contributed by atoms with Crippen molar-refractivity contribution in [3.8, 4) is 0 Å². The Bertz CT molecular complexity index is 649.